The summed E-state index contributed by atoms with van der Waals surface area (Å²) in [6, 6.07) is 11.1. The van der Waals surface area contributed by atoms with Crippen LogP contribution in [0.2, 0.25) is 0 Å². The van der Waals surface area contributed by atoms with E-state index in [0.717, 1.165) is 49.7 Å². The number of benzene rings is 2. The van der Waals surface area contributed by atoms with Gasteiger partial charge in [-0.25, -0.2) is 9.18 Å². The molecule has 2 N–H and O–H groups in total. The van der Waals surface area contributed by atoms with Gasteiger partial charge in [-0.2, -0.15) is 0 Å². The molecule has 0 spiro atoms. The summed E-state index contributed by atoms with van der Waals surface area (Å²) < 4.78 is 46.2. The molecule has 2 fully saturated rings. The largest absolute Gasteiger partial charge is 0.490 e. The number of oxime groups is 1. The lowest BCUT2D eigenvalue weighted by Crippen LogP contribution is -2.70. The fourth-order valence-electron chi connectivity index (χ4n) is 9.10. The van der Waals surface area contributed by atoms with Crippen molar-refractivity contribution in [2.75, 3.05) is 39.6 Å². The van der Waals surface area contributed by atoms with Crippen molar-refractivity contribution in [1.29, 1.82) is 0 Å². The van der Waals surface area contributed by atoms with E-state index in [2.05, 4.69) is 19.2 Å². The number of halogens is 1. The van der Waals surface area contributed by atoms with E-state index in [1.165, 1.54) is 12.1 Å². The predicted octanol–water partition coefficient (Wildman–Crippen LogP) is 8.21. The first-order chi connectivity index (χ1) is 27.9. The maximum absolute atomic E-state index is 14.3. The van der Waals surface area contributed by atoms with Gasteiger partial charge in [0.25, 0.3) is 0 Å². The Morgan fingerprint density at radius 3 is 2.51 bits per heavy atom. The molecule has 2 heterocycles. The van der Waals surface area contributed by atoms with Crippen molar-refractivity contribution in [2.45, 2.75) is 102 Å². The van der Waals surface area contributed by atoms with Crippen LogP contribution in [0.5, 0.6) is 11.5 Å². The number of carbonyl (C=O) groups excluding carboxylic acids is 1. The molecule has 4 aliphatic rings. The third kappa shape index (κ3) is 9.74. The summed E-state index contributed by atoms with van der Waals surface area (Å²) in [6.45, 7) is 11.0. The average Bonchev–Trinajstić information content (AvgIpc) is 3.23. The zero-order chi connectivity index (χ0) is 40.2. The maximum atomic E-state index is 14.3. The maximum Gasteiger partial charge on any atom is 0.410 e. The second-order valence-corrected chi connectivity index (χ2v) is 15.2. The van der Waals surface area contributed by atoms with Crippen LogP contribution in [-0.4, -0.2) is 84.7 Å². The van der Waals surface area contributed by atoms with Crippen LogP contribution in [-0.2, 0) is 25.6 Å². The van der Waals surface area contributed by atoms with Crippen LogP contribution < -0.4 is 9.47 Å². The van der Waals surface area contributed by atoms with Crippen molar-refractivity contribution < 1.29 is 47.9 Å². The van der Waals surface area contributed by atoms with Crippen molar-refractivity contribution in [1.82, 2.24) is 4.90 Å². The fourth-order valence-corrected chi connectivity index (χ4v) is 9.10. The molecule has 1 saturated heterocycles. The summed E-state index contributed by atoms with van der Waals surface area (Å²) in [6.07, 6.45) is 12.0. The summed E-state index contributed by atoms with van der Waals surface area (Å²) in [5.74, 6) is -1.20. The van der Waals surface area contributed by atoms with E-state index >= 15 is 0 Å². The van der Waals surface area contributed by atoms with Gasteiger partial charge in [-0.05, 0) is 98.8 Å². The molecule has 2 aliphatic carbocycles. The molecule has 11 nitrogen and oxygen atoms in total. The molecule has 6 rings (SSSR count). The first kappa shape index (κ1) is 42.4. The Balaban J connectivity index is 1.60. The fraction of sp³-hybridized carbons (Fsp3) is 0.556. The molecular formula is C45H59FN2O9. The Hall–Kier alpha value is -4.23. The van der Waals surface area contributed by atoms with Crippen LogP contribution in [0.4, 0.5) is 9.18 Å². The van der Waals surface area contributed by atoms with Crippen LogP contribution in [0.15, 0.2) is 84.6 Å². The molecular weight excluding hydrogens is 731 g/mol. The Labute approximate surface area is 336 Å². The Bertz CT molecular complexity index is 1710. The average molecular weight is 791 g/mol. The van der Waals surface area contributed by atoms with Crippen molar-refractivity contribution in [3.63, 3.8) is 0 Å². The Morgan fingerprint density at radius 2 is 1.81 bits per heavy atom. The van der Waals surface area contributed by atoms with Crippen molar-refractivity contribution in [2.24, 2.45) is 22.9 Å². The lowest BCUT2D eigenvalue weighted by atomic mass is 9.55. The molecule has 2 aromatic carbocycles. The zero-order valence-electron chi connectivity index (χ0n) is 33.2. The summed E-state index contributed by atoms with van der Waals surface area (Å²) in [7, 11) is 0. The first-order valence-electron chi connectivity index (χ1n) is 20.6. The van der Waals surface area contributed by atoms with E-state index in [-0.39, 0.29) is 63.0 Å². The van der Waals surface area contributed by atoms with Gasteiger partial charge in [0.05, 0.1) is 31.5 Å². The molecule has 2 aromatic rings. The van der Waals surface area contributed by atoms with E-state index in [1.54, 1.807) is 36.1 Å². The van der Waals surface area contributed by atoms with Gasteiger partial charge in [0.1, 0.15) is 30.0 Å². The Morgan fingerprint density at radius 1 is 1.04 bits per heavy atom. The molecule has 1 amide bonds. The molecule has 310 valence electrons. The van der Waals surface area contributed by atoms with Crippen molar-refractivity contribution >= 4 is 11.8 Å². The normalized spacial score (nSPS) is 26.9. The van der Waals surface area contributed by atoms with Crippen LogP contribution in [0, 0.1) is 23.6 Å². The predicted molar refractivity (Wildman–Crippen MR) is 214 cm³/mol. The van der Waals surface area contributed by atoms with Crippen molar-refractivity contribution in [3.05, 3.63) is 96.4 Å². The van der Waals surface area contributed by atoms with Gasteiger partial charge in [-0.15, -0.1) is 6.58 Å². The lowest BCUT2D eigenvalue weighted by molar-refractivity contribution is -0.256. The van der Waals surface area contributed by atoms with Gasteiger partial charge in [0.2, 0.25) is 12.1 Å². The van der Waals surface area contributed by atoms with Crippen LogP contribution >= 0.6 is 0 Å². The van der Waals surface area contributed by atoms with Crippen molar-refractivity contribution in [3.8, 4) is 11.5 Å². The van der Waals surface area contributed by atoms with E-state index < -0.39 is 30.1 Å². The molecule has 0 bridgehead atoms. The number of ether oxygens (including phenoxy) is 5. The molecule has 0 aromatic heterocycles. The summed E-state index contributed by atoms with van der Waals surface area (Å²) in [5, 5.41) is 24.6. The smallest absolute Gasteiger partial charge is 0.410 e. The number of hydrogen-bond donors (Lipinski definition) is 2. The molecule has 1 saturated carbocycles. The highest BCUT2D eigenvalue weighted by Gasteiger charge is 2.65. The second-order valence-electron chi connectivity index (χ2n) is 15.2. The highest BCUT2D eigenvalue weighted by atomic mass is 19.1. The van der Waals surface area contributed by atoms with Crippen LogP contribution in [0.1, 0.15) is 88.2 Å². The van der Waals surface area contributed by atoms with Gasteiger partial charge in [0, 0.05) is 44.1 Å². The van der Waals surface area contributed by atoms with E-state index in [4.69, 9.17) is 33.7 Å². The second kappa shape index (κ2) is 20.5. The van der Waals surface area contributed by atoms with Gasteiger partial charge in [-0.3, -0.25) is 4.90 Å². The van der Waals surface area contributed by atoms with Gasteiger partial charge in [0.15, 0.2) is 0 Å². The van der Waals surface area contributed by atoms with Gasteiger partial charge >= 0.3 is 6.09 Å². The number of aliphatic hydroxyl groups excluding tert-OH is 2. The number of rotatable bonds is 20. The summed E-state index contributed by atoms with van der Waals surface area (Å²) >= 11 is 0. The van der Waals surface area contributed by atoms with E-state index in [9.17, 15) is 19.4 Å². The number of aliphatic hydroxyl groups is 2. The van der Waals surface area contributed by atoms with Gasteiger partial charge in [-0.1, -0.05) is 54.9 Å². The SMILES string of the molecule is C=CCOc1ccc2c(c1)[C@H]1[C@H](CCCCO)[C@@H](CCCCO)C=C3C(=NOC4CCCCO4)C[C@H](N(Cc4ccc(F)cc4)C(=O)OCC)[C@@](OCC=C)(O2)[C@H]31. The Kier molecular flexibility index (Phi) is 15.2. The number of nitrogens with zero attached hydrogens (tertiary/aromatic N) is 2. The quantitative estimate of drug-likeness (QED) is 0.0775. The third-order valence-electron chi connectivity index (χ3n) is 11.6. The molecule has 0 radical (unpaired) electrons. The van der Waals surface area contributed by atoms with Gasteiger partial charge < -0.3 is 38.7 Å². The van der Waals surface area contributed by atoms with E-state index in [1.807, 2.05) is 18.2 Å². The highest BCUT2D eigenvalue weighted by Crippen LogP contribution is 2.62. The number of fused-ring (bicyclic) bond motifs is 2. The van der Waals surface area contributed by atoms with E-state index in [0.29, 0.717) is 55.3 Å². The van der Waals surface area contributed by atoms with Crippen LogP contribution in [0.25, 0.3) is 0 Å². The standard InChI is InChI=1S/C45H59FN2O9/c1-4-24-53-34-20-21-39-37(28-34)42-35(14-8-11-23-50)32(13-7-10-22-49)27-36-38(47-57-41-15-9-12-26-54-41)29-40(45(56-39,43(36)42)55-25-5-2)48(44(51)52-6-3)30-31-16-18-33(46)19-17-31/h4-5,16-21,27-28,32,35,40-43,49-50H,1-2,6-15,22-26,29-30H2,3H3/t32-,35+,40-,41?,42+,43+,45+/m0/s1. The number of unbranched alkanes of at least 4 members (excludes halogenated alkanes) is 2. The molecule has 7 atom stereocenters. The molecule has 2 aliphatic heterocycles. The molecule has 12 heteroatoms. The number of hydrogen-bond acceptors (Lipinski definition) is 10. The highest BCUT2D eigenvalue weighted by molar-refractivity contribution is 6.03. The third-order valence-corrected chi connectivity index (χ3v) is 11.6. The minimum absolute atomic E-state index is 0.0451. The topological polar surface area (TPSA) is 129 Å². The zero-order valence-corrected chi connectivity index (χ0v) is 33.2. The van der Waals surface area contributed by atoms with Crippen LogP contribution in [0.3, 0.4) is 0 Å². The number of allylic oxidation sites excluding steroid dienone is 1. The molecule has 1 unspecified atom stereocenters. The molecule has 57 heavy (non-hydrogen) atoms. The summed E-state index contributed by atoms with van der Waals surface area (Å²) in [5.41, 5.74) is 3.21. The number of carbonyl (C=O) groups is 1. The minimum atomic E-state index is -1.47. The monoisotopic (exact) mass is 790 g/mol. The number of amides is 1. The minimum Gasteiger partial charge on any atom is -0.490 e. The summed E-state index contributed by atoms with van der Waals surface area (Å²) in [4.78, 5) is 22.1. The first-order valence-corrected chi connectivity index (χ1v) is 20.6. The lowest BCUT2D eigenvalue weighted by Gasteiger charge is -2.59.